The molecule has 2 aliphatic rings. The summed E-state index contributed by atoms with van der Waals surface area (Å²) >= 11 is 1.76. The lowest BCUT2D eigenvalue weighted by Gasteiger charge is -2.36. The van der Waals surface area contributed by atoms with Gasteiger partial charge in [-0.2, -0.15) is 0 Å². The van der Waals surface area contributed by atoms with E-state index in [1.807, 2.05) is 5.51 Å². The summed E-state index contributed by atoms with van der Waals surface area (Å²) in [6.45, 7) is 9.95. The van der Waals surface area contributed by atoms with Crippen molar-refractivity contribution in [3.63, 3.8) is 0 Å². The predicted molar refractivity (Wildman–Crippen MR) is 95.0 cm³/mol. The molecule has 2 atom stereocenters. The highest BCUT2D eigenvalue weighted by Gasteiger charge is 2.40. The van der Waals surface area contributed by atoms with Crippen LogP contribution in [0.4, 0.5) is 0 Å². The lowest BCUT2D eigenvalue weighted by atomic mass is 10.1. The monoisotopic (exact) mass is 344 g/mol. The molecule has 2 aliphatic heterocycles. The average molecular weight is 344 g/mol. The van der Waals surface area contributed by atoms with Gasteiger partial charge < -0.3 is 4.74 Å². The van der Waals surface area contributed by atoms with Gasteiger partial charge in [-0.3, -0.25) is 14.8 Å². The molecule has 2 fully saturated rings. The zero-order chi connectivity index (χ0) is 16.5. The van der Waals surface area contributed by atoms with Gasteiger partial charge in [0.1, 0.15) is 0 Å². The fourth-order valence-corrected chi connectivity index (χ4v) is 4.55. The number of aryl methyl sites for hydroxylation is 2. The Morgan fingerprint density at radius 1 is 1.25 bits per heavy atom. The molecule has 5 nitrogen and oxygen atoms in total. The molecule has 0 saturated carbocycles. The molecular formula is C18H24N4OS. The van der Waals surface area contributed by atoms with Crippen molar-refractivity contribution in [3.05, 3.63) is 45.7 Å². The Morgan fingerprint density at radius 3 is 2.96 bits per heavy atom. The minimum atomic E-state index is 0.316. The standard InChI is InChI=1S/C18H24N4OS/c1-13-4-3-5-15(20-13)8-22-6-7-23-17-10-21(9-16(17)22)11-18-14(2)19-12-24-18/h3-5,12,16-17H,6-11H2,1-2H3/t16-,17-/m0/s1. The number of fused-ring (bicyclic) bond motifs is 1. The van der Waals surface area contributed by atoms with Crippen LogP contribution in [0.15, 0.2) is 23.7 Å². The molecule has 2 saturated heterocycles. The van der Waals surface area contributed by atoms with Gasteiger partial charge in [-0.1, -0.05) is 6.07 Å². The van der Waals surface area contributed by atoms with E-state index < -0.39 is 0 Å². The van der Waals surface area contributed by atoms with Crippen molar-refractivity contribution in [1.29, 1.82) is 0 Å². The molecule has 2 aromatic heterocycles. The highest BCUT2D eigenvalue weighted by molar-refractivity contribution is 7.09. The van der Waals surface area contributed by atoms with Crippen molar-refractivity contribution in [1.82, 2.24) is 19.8 Å². The maximum atomic E-state index is 6.06. The molecule has 0 aliphatic carbocycles. The van der Waals surface area contributed by atoms with Crippen LogP contribution in [0.5, 0.6) is 0 Å². The third kappa shape index (κ3) is 3.37. The number of aromatic nitrogens is 2. The van der Waals surface area contributed by atoms with Gasteiger partial charge in [0.15, 0.2) is 0 Å². The Labute approximate surface area is 147 Å². The van der Waals surface area contributed by atoms with E-state index >= 15 is 0 Å². The van der Waals surface area contributed by atoms with Crippen LogP contribution < -0.4 is 0 Å². The Hall–Kier alpha value is -1.34. The number of rotatable bonds is 4. The van der Waals surface area contributed by atoms with Crippen molar-refractivity contribution in [2.45, 2.75) is 39.1 Å². The Morgan fingerprint density at radius 2 is 2.17 bits per heavy atom. The van der Waals surface area contributed by atoms with E-state index in [1.54, 1.807) is 11.3 Å². The number of nitrogens with zero attached hydrogens (tertiary/aromatic N) is 4. The van der Waals surface area contributed by atoms with Crippen molar-refractivity contribution in [2.24, 2.45) is 0 Å². The molecule has 0 unspecified atom stereocenters. The number of likely N-dealkylation sites (tertiary alicyclic amines) is 1. The quantitative estimate of drug-likeness (QED) is 0.851. The van der Waals surface area contributed by atoms with Gasteiger partial charge in [-0.25, -0.2) is 4.98 Å². The van der Waals surface area contributed by atoms with Crippen LogP contribution in [0.25, 0.3) is 0 Å². The normalized spacial score (nSPS) is 25.1. The van der Waals surface area contributed by atoms with Gasteiger partial charge in [-0.05, 0) is 26.0 Å². The first-order valence-electron chi connectivity index (χ1n) is 8.58. The van der Waals surface area contributed by atoms with Crippen molar-refractivity contribution in [3.8, 4) is 0 Å². The first-order chi connectivity index (χ1) is 11.7. The lowest BCUT2D eigenvalue weighted by Crippen LogP contribution is -2.50. The second-order valence-electron chi connectivity index (χ2n) is 6.77. The topological polar surface area (TPSA) is 41.5 Å². The summed E-state index contributed by atoms with van der Waals surface area (Å²) in [5.74, 6) is 0. The molecule has 2 aromatic rings. The van der Waals surface area contributed by atoms with Gasteiger partial charge in [-0.15, -0.1) is 11.3 Å². The van der Waals surface area contributed by atoms with Gasteiger partial charge in [0.25, 0.3) is 0 Å². The van der Waals surface area contributed by atoms with Crippen molar-refractivity contribution < 1.29 is 4.74 Å². The van der Waals surface area contributed by atoms with Crippen molar-refractivity contribution >= 4 is 11.3 Å². The lowest BCUT2D eigenvalue weighted by molar-refractivity contribution is -0.0508. The van der Waals surface area contributed by atoms with Crippen LogP contribution in [0.3, 0.4) is 0 Å². The number of morpholine rings is 1. The SMILES string of the molecule is Cc1cccc(CN2CCO[C@H]3CN(Cc4scnc4C)C[C@@H]32)n1. The van der Waals surface area contributed by atoms with E-state index in [9.17, 15) is 0 Å². The highest BCUT2D eigenvalue weighted by atomic mass is 32.1. The second-order valence-corrected chi connectivity index (χ2v) is 7.71. The van der Waals surface area contributed by atoms with Crippen LogP contribution >= 0.6 is 11.3 Å². The number of hydrogen-bond acceptors (Lipinski definition) is 6. The molecule has 4 heterocycles. The van der Waals surface area contributed by atoms with E-state index in [1.165, 1.54) is 4.88 Å². The molecule has 128 valence electrons. The molecule has 6 heteroatoms. The summed E-state index contributed by atoms with van der Waals surface area (Å²) in [5, 5.41) is 0. The maximum Gasteiger partial charge on any atom is 0.0870 e. The zero-order valence-corrected chi connectivity index (χ0v) is 15.1. The summed E-state index contributed by atoms with van der Waals surface area (Å²) < 4.78 is 6.06. The molecule has 0 amide bonds. The molecule has 0 radical (unpaired) electrons. The molecule has 0 spiro atoms. The minimum Gasteiger partial charge on any atom is -0.374 e. The minimum absolute atomic E-state index is 0.316. The molecule has 0 N–H and O–H groups in total. The summed E-state index contributed by atoms with van der Waals surface area (Å²) in [6.07, 6.45) is 0.316. The Balaban J connectivity index is 1.43. The zero-order valence-electron chi connectivity index (χ0n) is 14.3. The first-order valence-corrected chi connectivity index (χ1v) is 9.46. The Bertz CT molecular complexity index is 704. The smallest absolute Gasteiger partial charge is 0.0870 e. The molecule has 0 bridgehead atoms. The van der Waals surface area contributed by atoms with Gasteiger partial charge >= 0.3 is 0 Å². The van der Waals surface area contributed by atoms with E-state index in [4.69, 9.17) is 4.74 Å². The maximum absolute atomic E-state index is 6.06. The number of ether oxygens (including phenoxy) is 1. The third-order valence-corrected chi connectivity index (χ3v) is 5.94. The van der Waals surface area contributed by atoms with E-state index in [0.29, 0.717) is 12.1 Å². The van der Waals surface area contributed by atoms with Gasteiger partial charge in [0, 0.05) is 43.3 Å². The van der Waals surface area contributed by atoms with Crippen LogP contribution in [-0.2, 0) is 17.8 Å². The summed E-state index contributed by atoms with van der Waals surface area (Å²) in [7, 11) is 0. The number of thiazole rings is 1. The summed E-state index contributed by atoms with van der Waals surface area (Å²) in [4.78, 5) is 15.5. The molecule has 0 aromatic carbocycles. The largest absolute Gasteiger partial charge is 0.374 e. The molecule has 24 heavy (non-hydrogen) atoms. The third-order valence-electron chi connectivity index (χ3n) is 5.02. The van der Waals surface area contributed by atoms with Crippen molar-refractivity contribution in [2.75, 3.05) is 26.2 Å². The van der Waals surface area contributed by atoms with E-state index in [0.717, 1.165) is 56.4 Å². The van der Waals surface area contributed by atoms with Gasteiger partial charge in [0.05, 0.1) is 35.7 Å². The van der Waals surface area contributed by atoms with Crippen LogP contribution in [0, 0.1) is 13.8 Å². The number of pyridine rings is 1. The molecular weight excluding hydrogens is 320 g/mol. The van der Waals surface area contributed by atoms with Crippen LogP contribution in [-0.4, -0.2) is 58.2 Å². The van der Waals surface area contributed by atoms with E-state index in [-0.39, 0.29) is 0 Å². The predicted octanol–water partition coefficient (Wildman–Crippen LogP) is 2.24. The fourth-order valence-electron chi connectivity index (χ4n) is 3.74. The number of hydrogen-bond donors (Lipinski definition) is 0. The summed E-state index contributed by atoms with van der Waals surface area (Å²) in [6, 6.07) is 6.75. The van der Waals surface area contributed by atoms with Gasteiger partial charge in [0.2, 0.25) is 0 Å². The average Bonchev–Trinajstić information content (AvgIpc) is 3.15. The second kappa shape index (κ2) is 6.88. The highest BCUT2D eigenvalue weighted by Crippen LogP contribution is 2.26. The first kappa shape index (κ1) is 16.1. The summed E-state index contributed by atoms with van der Waals surface area (Å²) in [5.41, 5.74) is 5.36. The molecule has 4 rings (SSSR count). The van der Waals surface area contributed by atoms with Crippen LogP contribution in [0.2, 0.25) is 0 Å². The fraction of sp³-hybridized carbons (Fsp3) is 0.556. The van der Waals surface area contributed by atoms with Crippen LogP contribution in [0.1, 0.15) is 22.0 Å². The Kier molecular flexibility index (Phi) is 4.63. The van der Waals surface area contributed by atoms with E-state index in [2.05, 4.69) is 51.8 Å².